The van der Waals surface area contributed by atoms with Crippen LogP contribution in [-0.2, 0) is 11.8 Å². The normalized spacial score (nSPS) is 12.2. The van der Waals surface area contributed by atoms with Gasteiger partial charge in [0.1, 0.15) is 5.69 Å². The summed E-state index contributed by atoms with van der Waals surface area (Å²) in [7, 11) is 4.91. The lowest BCUT2D eigenvalue weighted by molar-refractivity contribution is -0.117. The van der Waals surface area contributed by atoms with E-state index in [4.69, 9.17) is 0 Å². The molecule has 2 aromatic rings. The molecule has 0 fully saturated rings. The van der Waals surface area contributed by atoms with Gasteiger partial charge in [-0.2, -0.15) is 5.10 Å². The summed E-state index contributed by atoms with van der Waals surface area (Å²) in [5.74, 6) is -2.28. The van der Waals surface area contributed by atoms with Crippen LogP contribution in [0.4, 0.5) is 20.2 Å². The number of hydrogen-bond donors (Lipinski definition) is 1. The lowest BCUT2D eigenvalue weighted by atomic mass is 9.98. The van der Waals surface area contributed by atoms with Crippen LogP contribution in [0.25, 0.3) is 0 Å². The number of nitrogens with one attached hydrogen (secondary N) is 1. The summed E-state index contributed by atoms with van der Waals surface area (Å²) in [5.41, 5.74) is 2.42. The second-order valence-corrected chi connectivity index (χ2v) is 6.10. The molecule has 1 atom stereocenters. The molecule has 0 radical (unpaired) electrons. The number of anilines is 2. The highest BCUT2D eigenvalue weighted by Gasteiger charge is 2.23. The first-order valence-electron chi connectivity index (χ1n) is 7.60. The highest BCUT2D eigenvalue weighted by Crippen LogP contribution is 2.28. The van der Waals surface area contributed by atoms with Crippen LogP contribution >= 0.6 is 0 Å². The monoisotopic (exact) mass is 336 g/mol. The number of halogens is 2. The number of nitrogens with zero attached hydrogens (tertiary/aromatic N) is 3. The van der Waals surface area contributed by atoms with Crippen LogP contribution in [-0.4, -0.2) is 29.8 Å². The topological polar surface area (TPSA) is 50.2 Å². The summed E-state index contributed by atoms with van der Waals surface area (Å²) in [5, 5.41) is 6.87. The average Bonchev–Trinajstić information content (AvgIpc) is 2.70. The van der Waals surface area contributed by atoms with Crippen molar-refractivity contribution in [2.45, 2.75) is 26.7 Å². The van der Waals surface area contributed by atoms with Crippen molar-refractivity contribution >= 4 is 17.3 Å². The fourth-order valence-electron chi connectivity index (χ4n) is 2.86. The molecule has 130 valence electrons. The summed E-state index contributed by atoms with van der Waals surface area (Å²) >= 11 is 0. The number of rotatable bonds is 4. The molecule has 0 aliphatic rings. The molecule has 7 heteroatoms. The van der Waals surface area contributed by atoms with Crippen molar-refractivity contribution in [1.29, 1.82) is 0 Å². The van der Waals surface area contributed by atoms with Crippen molar-refractivity contribution < 1.29 is 13.6 Å². The van der Waals surface area contributed by atoms with Crippen molar-refractivity contribution in [3.05, 3.63) is 40.7 Å². The number of carbonyl (C=O) groups is 1. The number of carbonyl (C=O) groups excluding carboxylic acids is 1. The van der Waals surface area contributed by atoms with Gasteiger partial charge in [-0.3, -0.25) is 9.48 Å². The van der Waals surface area contributed by atoms with Crippen LogP contribution in [0.2, 0.25) is 0 Å². The van der Waals surface area contributed by atoms with E-state index in [1.54, 1.807) is 32.7 Å². The van der Waals surface area contributed by atoms with Crippen molar-refractivity contribution in [3.63, 3.8) is 0 Å². The van der Waals surface area contributed by atoms with Gasteiger partial charge in [-0.1, -0.05) is 0 Å². The van der Waals surface area contributed by atoms with E-state index < -0.39 is 17.6 Å². The maximum atomic E-state index is 14.0. The van der Waals surface area contributed by atoms with Crippen molar-refractivity contribution in [2.75, 3.05) is 24.3 Å². The van der Waals surface area contributed by atoms with Crippen molar-refractivity contribution in [2.24, 2.45) is 7.05 Å². The molecule has 0 spiro atoms. The van der Waals surface area contributed by atoms with Crippen LogP contribution in [0.3, 0.4) is 0 Å². The third-order valence-corrected chi connectivity index (χ3v) is 4.12. The Morgan fingerprint density at radius 1 is 1.25 bits per heavy atom. The van der Waals surface area contributed by atoms with Crippen LogP contribution < -0.4 is 10.2 Å². The lowest BCUT2D eigenvalue weighted by Crippen LogP contribution is -2.20. The maximum Gasteiger partial charge on any atom is 0.231 e. The SMILES string of the molecule is Cc1nn(C)c(C)c1[C@@H](C)C(=O)Nc1cc(F)c(N(C)C)c(F)c1. The molecule has 2 rings (SSSR count). The number of hydrogen-bond acceptors (Lipinski definition) is 3. The zero-order valence-corrected chi connectivity index (χ0v) is 14.7. The van der Waals surface area contributed by atoms with Gasteiger partial charge < -0.3 is 10.2 Å². The summed E-state index contributed by atoms with van der Waals surface area (Å²) < 4.78 is 29.8. The summed E-state index contributed by atoms with van der Waals surface area (Å²) in [6.45, 7) is 5.45. The second kappa shape index (κ2) is 6.59. The predicted octanol–water partition coefficient (Wildman–Crippen LogP) is 3.12. The van der Waals surface area contributed by atoms with E-state index in [9.17, 15) is 13.6 Å². The van der Waals surface area contributed by atoms with Gasteiger partial charge in [0.15, 0.2) is 11.6 Å². The van der Waals surface area contributed by atoms with E-state index in [0.29, 0.717) is 0 Å². The highest BCUT2D eigenvalue weighted by molar-refractivity contribution is 5.96. The minimum Gasteiger partial charge on any atom is -0.373 e. The zero-order chi connectivity index (χ0) is 18.2. The Morgan fingerprint density at radius 3 is 2.21 bits per heavy atom. The third kappa shape index (κ3) is 3.25. The molecule has 1 aromatic carbocycles. The predicted molar refractivity (Wildman–Crippen MR) is 90.4 cm³/mol. The number of benzene rings is 1. The minimum atomic E-state index is -0.725. The molecule has 1 N–H and O–H groups in total. The number of aromatic nitrogens is 2. The number of amides is 1. The van der Waals surface area contributed by atoms with Gasteiger partial charge >= 0.3 is 0 Å². The van der Waals surface area contributed by atoms with Gasteiger partial charge in [0.25, 0.3) is 0 Å². The lowest BCUT2D eigenvalue weighted by Gasteiger charge is -2.17. The molecule has 0 bridgehead atoms. The summed E-state index contributed by atoms with van der Waals surface area (Å²) in [6.07, 6.45) is 0. The average molecular weight is 336 g/mol. The molecule has 0 saturated heterocycles. The standard InChI is InChI=1S/C17H22F2N4O/c1-9(15-10(2)21-23(6)11(15)3)17(24)20-12-7-13(18)16(22(4)5)14(19)8-12/h7-9H,1-6H3,(H,20,24)/t9-/m1/s1. The van der Waals surface area contributed by atoms with E-state index in [1.807, 2.05) is 13.8 Å². The molecule has 0 unspecified atom stereocenters. The molecule has 1 aromatic heterocycles. The van der Waals surface area contributed by atoms with Crippen molar-refractivity contribution in [3.8, 4) is 0 Å². The molecule has 1 heterocycles. The molecule has 0 aliphatic carbocycles. The summed E-state index contributed by atoms with van der Waals surface area (Å²) in [4.78, 5) is 13.8. The van der Waals surface area contributed by atoms with Crippen LogP contribution in [0.15, 0.2) is 12.1 Å². The molecule has 0 saturated carbocycles. The van der Waals surface area contributed by atoms with E-state index in [2.05, 4.69) is 10.4 Å². The van der Waals surface area contributed by atoms with Gasteiger partial charge in [-0.05, 0) is 32.9 Å². The Hall–Kier alpha value is -2.44. The fourth-order valence-corrected chi connectivity index (χ4v) is 2.86. The first-order valence-corrected chi connectivity index (χ1v) is 7.60. The minimum absolute atomic E-state index is 0.0895. The Labute approximate surface area is 140 Å². The molecular weight excluding hydrogens is 314 g/mol. The second-order valence-electron chi connectivity index (χ2n) is 6.10. The van der Waals surface area contributed by atoms with E-state index in [1.165, 1.54) is 4.90 Å². The quantitative estimate of drug-likeness (QED) is 0.933. The Bertz CT molecular complexity index is 760. The Morgan fingerprint density at radius 2 is 1.79 bits per heavy atom. The molecular formula is C17H22F2N4O. The van der Waals surface area contributed by atoms with Crippen LogP contribution in [0.1, 0.15) is 29.8 Å². The van der Waals surface area contributed by atoms with E-state index >= 15 is 0 Å². The first kappa shape index (κ1) is 17.9. The molecule has 0 aliphatic heterocycles. The van der Waals surface area contributed by atoms with Gasteiger partial charge in [-0.25, -0.2) is 8.78 Å². The van der Waals surface area contributed by atoms with Gasteiger partial charge in [-0.15, -0.1) is 0 Å². The van der Waals surface area contributed by atoms with Gasteiger partial charge in [0.2, 0.25) is 5.91 Å². The van der Waals surface area contributed by atoms with Crippen LogP contribution in [0, 0.1) is 25.5 Å². The Balaban J connectivity index is 2.26. The van der Waals surface area contributed by atoms with Gasteiger partial charge in [0.05, 0.1) is 11.6 Å². The number of aryl methyl sites for hydroxylation is 2. The van der Waals surface area contributed by atoms with Gasteiger partial charge in [0, 0.05) is 38.1 Å². The Kier molecular flexibility index (Phi) is 4.91. The largest absolute Gasteiger partial charge is 0.373 e. The highest BCUT2D eigenvalue weighted by atomic mass is 19.1. The first-order chi connectivity index (χ1) is 11.1. The van der Waals surface area contributed by atoms with Crippen LogP contribution in [0.5, 0.6) is 0 Å². The third-order valence-electron chi connectivity index (χ3n) is 4.12. The van der Waals surface area contributed by atoms with Crippen molar-refractivity contribution in [1.82, 2.24) is 9.78 Å². The maximum absolute atomic E-state index is 14.0. The van der Waals surface area contributed by atoms with E-state index in [-0.39, 0.29) is 17.3 Å². The van der Waals surface area contributed by atoms with E-state index in [0.717, 1.165) is 29.1 Å². The molecule has 24 heavy (non-hydrogen) atoms. The molecule has 1 amide bonds. The zero-order valence-electron chi connectivity index (χ0n) is 14.7. The fraction of sp³-hybridized carbons (Fsp3) is 0.412. The smallest absolute Gasteiger partial charge is 0.231 e. The summed E-state index contributed by atoms with van der Waals surface area (Å²) in [6, 6.07) is 2.23. The molecule has 5 nitrogen and oxygen atoms in total.